The van der Waals surface area contributed by atoms with Gasteiger partial charge in [-0.1, -0.05) is 0 Å². The van der Waals surface area contributed by atoms with E-state index in [2.05, 4.69) is 27.7 Å². The summed E-state index contributed by atoms with van der Waals surface area (Å²) in [6, 6.07) is 7.79. The van der Waals surface area contributed by atoms with E-state index in [1.165, 1.54) is 51.8 Å². The van der Waals surface area contributed by atoms with Gasteiger partial charge < -0.3 is 0 Å². The van der Waals surface area contributed by atoms with Crippen LogP contribution in [0.1, 0.15) is 101 Å². The Labute approximate surface area is 183 Å². The summed E-state index contributed by atoms with van der Waals surface area (Å²) < 4.78 is 4.96. The molecular formula is C25H43NO2Sn. The molecule has 0 fully saturated rings. The second-order valence-electron chi connectivity index (χ2n) is 9.17. The van der Waals surface area contributed by atoms with Gasteiger partial charge >= 0.3 is 184 Å². The molecule has 1 atom stereocenters. The van der Waals surface area contributed by atoms with Gasteiger partial charge in [0, 0.05) is 0 Å². The van der Waals surface area contributed by atoms with Crippen molar-refractivity contribution in [2.45, 2.75) is 105 Å². The number of nitrogens with zero attached hydrogens (tertiary/aromatic N) is 1. The molecule has 1 aromatic rings. The molecule has 0 aliphatic carbocycles. The number of rotatable bonds is 14. The molecule has 164 valence electrons. The summed E-state index contributed by atoms with van der Waals surface area (Å²) in [5.41, 5.74) is 0.476. The Morgan fingerprint density at radius 2 is 1.38 bits per heavy atom. The summed E-state index contributed by atoms with van der Waals surface area (Å²) in [6.45, 7) is 9.00. The molecule has 29 heavy (non-hydrogen) atoms. The summed E-state index contributed by atoms with van der Waals surface area (Å²) in [7, 11) is 0. The van der Waals surface area contributed by atoms with Crippen molar-refractivity contribution in [1.29, 1.82) is 0 Å². The maximum atomic E-state index is 13.5. The van der Waals surface area contributed by atoms with Crippen molar-refractivity contribution < 1.29 is 9.90 Å². The van der Waals surface area contributed by atoms with Crippen molar-refractivity contribution >= 4 is 24.3 Å². The molecule has 3 nitrogen and oxygen atoms in total. The van der Waals surface area contributed by atoms with Crippen LogP contribution in [0.3, 0.4) is 0 Å². The van der Waals surface area contributed by atoms with Gasteiger partial charge in [0.1, 0.15) is 0 Å². The van der Waals surface area contributed by atoms with Crippen molar-refractivity contribution in [3.8, 4) is 0 Å². The first kappa shape index (κ1) is 24.7. The third-order valence-electron chi connectivity index (χ3n) is 6.83. The normalized spacial score (nSPS) is 19.1. The molecule has 1 aliphatic heterocycles. The van der Waals surface area contributed by atoms with E-state index in [-0.39, 0.29) is 5.91 Å². The minimum atomic E-state index is -2.61. The average molecular weight is 508 g/mol. The first-order chi connectivity index (χ1) is 14.0. The van der Waals surface area contributed by atoms with Crippen LogP contribution in [0, 0.1) is 0 Å². The molecule has 0 spiro atoms. The van der Waals surface area contributed by atoms with Crippen LogP contribution in [0.25, 0.3) is 0 Å². The quantitative estimate of drug-likeness (QED) is 0.279. The molecule has 0 bridgehead atoms. The zero-order valence-electron chi connectivity index (χ0n) is 19.3. The third-order valence-corrected chi connectivity index (χ3v) is 21.8. The number of hydrogen-bond acceptors (Lipinski definition) is 2. The minimum absolute atomic E-state index is 0.0739. The molecule has 0 radical (unpaired) electrons. The van der Waals surface area contributed by atoms with Gasteiger partial charge in [-0.2, -0.15) is 0 Å². The fourth-order valence-electron chi connectivity index (χ4n) is 4.98. The zero-order chi connectivity index (χ0) is 21.3. The molecule has 1 aliphatic rings. The van der Waals surface area contributed by atoms with Crippen LogP contribution in [-0.4, -0.2) is 38.9 Å². The van der Waals surface area contributed by atoms with Crippen molar-refractivity contribution in [2.75, 3.05) is 4.56 Å². The Morgan fingerprint density at radius 3 is 1.90 bits per heavy atom. The summed E-state index contributed by atoms with van der Waals surface area (Å²) >= 11 is -2.61. The van der Waals surface area contributed by atoms with Gasteiger partial charge in [-0.15, -0.1) is 0 Å². The van der Waals surface area contributed by atoms with E-state index >= 15 is 0 Å². The Bertz CT molecular complexity index is 626. The number of amides is 1. The van der Waals surface area contributed by atoms with E-state index in [9.17, 15) is 9.90 Å². The molecule has 4 heteroatoms. The van der Waals surface area contributed by atoms with Crippen LogP contribution in [0.2, 0.25) is 13.3 Å². The number of aliphatic hydroxyl groups is 1. The standard InChI is InChI=1S/C13H16NO2.3C4H9.Sn/c1-3-4-9-13(16)11-8-6-5-7-10(11)12(15)14(13)2;3*1-3-4-2;/h5-8,16H,2-4,9H2,1H3;3*1,3-4H2,2H3;. The number of carbonyl (C=O) groups excluding carboxylic acids is 1. The molecule has 1 amide bonds. The predicted octanol–water partition coefficient (Wildman–Crippen LogP) is 6.87. The van der Waals surface area contributed by atoms with Gasteiger partial charge in [-0.05, 0) is 0 Å². The number of hydrogen-bond donors (Lipinski definition) is 1. The molecule has 0 saturated heterocycles. The zero-order valence-corrected chi connectivity index (χ0v) is 22.2. The summed E-state index contributed by atoms with van der Waals surface area (Å²) in [4.78, 5) is 15.4. The van der Waals surface area contributed by atoms with Gasteiger partial charge in [0.15, 0.2) is 0 Å². The number of carbonyl (C=O) groups is 1. The van der Waals surface area contributed by atoms with Crippen molar-refractivity contribution in [3.63, 3.8) is 0 Å². The Balaban J connectivity index is 2.41. The van der Waals surface area contributed by atoms with Crippen LogP contribution in [0.4, 0.5) is 0 Å². The van der Waals surface area contributed by atoms with Crippen LogP contribution < -0.4 is 0 Å². The van der Waals surface area contributed by atoms with Crippen molar-refractivity contribution in [1.82, 2.24) is 4.90 Å². The van der Waals surface area contributed by atoms with Crippen LogP contribution >= 0.6 is 0 Å². The van der Waals surface area contributed by atoms with Crippen molar-refractivity contribution in [2.24, 2.45) is 0 Å². The van der Waals surface area contributed by atoms with Gasteiger partial charge in [0.2, 0.25) is 0 Å². The summed E-state index contributed by atoms with van der Waals surface area (Å²) in [5, 5.41) is 11.9. The van der Waals surface area contributed by atoms with E-state index < -0.39 is 24.1 Å². The Kier molecular flexibility index (Phi) is 10.0. The maximum absolute atomic E-state index is 13.5. The van der Waals surface area contributed by atoms with E-state index in [1.54, 1.807) is 0 Å². The van der Waals surface area contributed by atoms with Gasteiger partial charge in [-0.25, -0.2) is 0 Å². The average Bonchev–Trinajstić information content (AvgIpc) is 2.95. The van der Waals surface area contributed by atoms with Crippen LogP contribution in [0.5, 0.6) is 0 Å². The first-order valence-electron chi connectivity index (χ1n) is 12.1. The number of fused-ring (bicyclic) bond motifs is 1. The fourth-order valence-corrected chi connectivity index (χ4v) is 21.0. The van der Waals surface area contributed by atoms with E-state index in [0.717, 1.165) is 28.5 Å². The molecular weight excluding hydrogens is 465 g/mol. The number of unbranched alkanes of at least 4 members (excludes halogenated alkanes) is 4. The molecule has 2 rings (SSSR count). The first-order valence-corrected chi connectivity index (χ1v) is 20.2. The van der Waals surface area contributed by atoms with Gasteiger partial charge in [0.05, 0.1) is 0 Å². The van der Waals surface area contributed by atoms with Gasteiger partial charge in [-0.3, -0.25) is 0 Å². The second-order valence-corrected chi connectivity index (χ2v) is 22.9. The molecule has 1 heterocycles. The summed E-state index contributed by atoms with van der Waals surface area (Å²) in [5.74, 6) is 0.0739. The third kappa shape index (κ3) is 5.78. The molecule has 1 aromatic carbocycles. The SMILES string of the molecule is CCCCC1(O)c2ccccc2C(=O)N1[CH2][Sn]([CH2]CCC)([CH2]CCC)[CH2]CCC. The monoisotopic (exact) mass is 509 g/mol. The second kappa shape index (κ2) is 11.7. The molecule has 0 aromatic heterocycles. The van der Waals surface area contributed by atoms with E-state index in [1.807, 2.05) is 29.2 Å². The Morgan fingerprint density at radius 1 is 0.862 bits per heavy atom. The Hall–Kier alpha value is -0.551. The number of benzene rings is 1. The van der Waals surface area contributed by atoms with Crippen LogP contribution in [0.15, 0.2) is 24.3 Å². The van der Waals surface area contributed by atoms with E-state index in [4.69, 9.17) is 0 Å². The topological polar surface area (TPSA) is 40.5 Å². The van der Waals surface area contributed by atoms with Gasteiger partial charge in [0.25, 0.3) is 0 Å². The van der Waals surface area contributed by atoms with E-state index in [0.29, 0.717) is 6.42 Å². The molecule has 1 unspecified atom stereocenters. The predicted molar refractivity (Wildman–Crippen MR) is 126 cm³/mol. The molecule has 1 N–H and O–H groups in total. The van der Waals surface area contributed by atoms with Crippen molar-refractivity contribution in [3.05, 3.63) is 35.4 Å². The van der Waals surface area contributed by atoms with Crippen LogP contribution in [-0.2, 0) is 5.72 Å². The summed E-state index contributed by atoms with van der Waals surface area (Å²) in [6.07, 6.45) is 10.2. The molecule has 0 saturated carbocycles. The fraction of sp³-hybridized carbons (Fsp3) is 0.720.